The van der Waals surface area contributed by atoms with Crippen LogP contribution in [0.2, 0.25) is 0 Å². The molecule has 4 nitrogen and oxygen atoms in total. The molecule has 0 aliphatic rings. The minimum Gasteiger partial charge on any atom is -0.481 e. The number of carbonyl (C=O) groups is 1. The molecule has 0 amide bonds. The van der Waals surface area contributed by atoms with E-state index in [0.717, 1.165) is 16.7 Å². The predicted molar refractivity (Wildman–Crippen MR) is 73.8 cm³/mol. The van der Waals surface area contributed by atoms with Crippen LogP contribution in [-0.2, 0) is 4.79 Å². The Morgan fingerprint density at radius 1 is 1.11 bits per heavy atom. The molecule has 0 saturated carbocycles. The number of hydrogen-bond acceptors (Lipinski definition) is 2. The molecule has 2 N–H and O–H groups in total. The van der Waals surface area contributed by atoms with Crippen molar-refractivity contribution in [2.24, 2.45) is 0 Å². The molecule has 0 aliphatic carbocycles. The van der Waals surface area contributed by atoms with E-state index in [1.165, 1.54) is 6.07 Å². The minimum absolute atomic E-state index is 0.0155. The van der Waals surface area contributed by atoms with E-state index in [1.54, 1.807) is 24.4 Å². The van der Waals surface area contributed by atoms with Gasteiger partial charge in [-0.15, -0.1) is 0 Å². The average molecular weight is 255 g/mol. The van der Waals surface area contributed by atoms with E-state index in [0.29, 0.717) is 0 Å². The normalized spacial score (nSPS) is 10.7. The van der Waals surface area contributed by atoms with Gasteiger partial charge >= 0.3 is 5.97 Å². The van der Waals surface area contributed by atoms with Crippen LogP contribution in [0.3, 0.4) is 0 Å². The number of carboxylic acid groups (broad SMARTS) is 1. The lowest BCUT2D eigenvalue weighted by molar-refractivity contribution is -0.135. The molecule has 0 bridgehead atoms. The number of benzene rings is 1. The highest BCUT2D eigenvalue weighted by Gasteiger charge is 1.97. The maximum Gasteiger partial charge on any atom is 0.307 e. The number of H-pyrrole nitrogens is 1. The Bertz CT molecular complexity index is 633. The molecule has 0 unspecified atom stereocenters. The molecular formula is C15H13NO3. The Labute approximate surface area is 110 Å². The van der Waals surface area contributed by atoms with Crippen LogP contribution in [0.25, 0.3) is 17.2 Å². The van der Waals surface area contributed by atoms with Crippen LogP contribution < -0.4 is 5.56 Å². The summed E-state index contributed by atoms with van der Waals surface area (Å²) in [5.41, 5.74) is 2.73. The average Bonchev–Trinajstić information content (AvgIpc) is 2.40. The smallest absolute Gasteiger partial charge is 0.307 e. The van der Waals surface area contributed by atoms with Crippen LogP contribution in [-0.4, -0.2) is 16.1 Å². The second-order valence-corrected chi connectivity index (χ2v) is 4.06. The number of pyridine rings is 1. The summed E-state index contributed by atoms with van der Waals surface area (Å²) in [5.74, 6) is -0.846. The zero-order chi connectivity index (χ0) is 13.7. The van der Waals surface area contributed by atoms with Gasteiger partial charge in [-0.05, 0) is 22.8 Å². The van der Waals surface area contributed by atoms with Crippen molar-refractivity contribution in [3.63, 3.8) is 0 Å². The predicted octanol–water partition coefficient (Wildman–Crippen LogP) is 2.53. The third-order valence-corrected chi connectivity index (χ3v) is 2.63. The first-order chi connectivity index (χ1) is 9.15. The molecule has 0 radical (unpaired) electrons. The molecule has 0 aliphatic heterocycles. The van der Waals surface area contributed by atoms with Crippen molar-refractivity contribution in [3.05, 3.63) is 64.6 Å². The van der Waals surface area contributed by atoms with Crippen molar-refractivity contribution in [2.45, 2.75) is 6.42 Å². The van der Waals surface area contributed by atoms with Gasteiger partial charge in [-0.25, -0.2) is 0 Å². The van der Waals surface area contributed by atoms with Crippen LogP contribution in [0, 0.1) is 0 Å². The molecule has 96 valence electrons. The van der Waals surface area contributed by atoms with Crippen LogP contribution in [0.1, 0.15) is 12.0 Å². The van der Waals surface area contributed by atoms with E-state index in [-0.39, 0.29) is 12.0 Å². The van der Waals surface area contributed by atoms with Crippen molar-refractivity contribution in [2.75, 3.05) is 0 Å². The quantitative estimate of drug-likeness (QED) is 0.881. The van der Waals surface area contributed by atoms with Gasteiger partial charge in [-0.3, -0.25) is 9.59 Å². The summed E-state index contributed by atoms with van der Waals surface area (Å²) in [6, 6.07) is 10.9. The lowest BCUT2D eigenvalue weighted by Crippen LogP contribution is -2.01. The molecule has 0 atom stereocenters. The Kier molecular flexibility index (Phi) is 3.93. The zero-order valence-electron chi connectivity index (χ0n) is 10.2. The van der Waals surface area contributed by atoms with Gasteiger partial charge in [0.2, 0.25) is 5.56 Å². The highest BCUT2D eigenvalue weighted by molar-refractivity contribution is 5.71. The van der Waals surface area contributed by atoms with Crippen molar-refractivity contribution >= 4 is 12.0 Å². The van der Waals surface area contributed by atoms with Crippen molar-refractivity contribution in [3.8, 4) is 11.1 Å². The lowest BCUT2D eigenvalue weighted by Gasteiger charge is -2.01. The van der Waals surface area contributed by atoms with Crippen molar-refractivity contribution < 1.29 is 9.90 Å². The van der Waals surface area contributed by atoms with Gasteiger partial charge in [-0.1, -0.05) is 36.4 Å². The maximum absolute atomic E-state index is 11.0. The SMILES string of the molecule is O=C(O)CC=Cc1ccc(-c2ccc(=O)[nH]c2)cc1. The Morgan fingerprint density at radius 2 is 1.79 bits per heavy atom. The number of rotatable bonds is 4. The van der Waals surface area contributed by atoms with Gasteiger partial charge in [0.25, 0.3) is 0 Å². The van der Waals surface area contributed by atoms with E-state index in [1.807, 2.05) is 24.3 Å². The van der Waals surface area contributed by atoms with Gasteiger partial charge in [0, 0.05) is 12.3 Å². The molecule has 1 heterocycles. The Hall–Kier alpha value is -2.62. The van der Waals surface area contributed by atoms with Crippen molar-refractivity contribution in [1.29, 1.82) is 0 Å². The first-order valence-corrected chi connectivity index (χ1v) is 5.83. The fraction of sp³-hybridized carbons (Fsp3) is 0.0667. The standard InChI is InChI=1S/C15H13NO3/c17-14-9-8-13(10-16-14)12-6-4-11(5-7-12)2-1-3-15(18)19/h1-2,4-10H,3H2,(H,16,17)(H,18,19). The summed E-state index contributed by atoms with van der Waals surface area (Å²) in [4.78, 5) is 24.0. The van der Waals surface area contributed by atoms with Gasteiger partial charge in [-0.2, -0.15) is 0 Å². The van der Waals surface area contributed by atoms with Crippen LogP contribution in [0.5, 0.6) is 0 Å². The second kappa shape index (κ2) is 5.82. The summed E-state index contributed by atoms with van der Waals surface area (Å²) in [5, 5.41) is 8.53. The van der Waals surface area contributed by atoms with Crippen molar-refractivity contribution in [1.82, 2.24) is 4.98 Å². The van der Waals surface area contributed by atoms with E-state index in [2.05, 4.69) is 4.98 Å². The zero-order valence-corrected chi connectivity index (χ0v) is 10.2. The van der Waals surface area contributed by atoms with Crippen LogP contribution in [0.15, 0.2) is 53.5 Å². The molecular weight excluding hydrogens is 242 g/mol. The Balaban J connectivity index is 2.14. The van der Waals surface area contributed by atoms with Gasteiger partial charge < -0.3 is 10.1 Å². The highest BCUT2D eigenvalue weighted by atomic mass is 16.4. The van der Waals surface area contributed by atoms with E-state index in [9.17, 15) is 9.59 Å². The number of nitrogens with one attached hydrogen (secondary N) is 1. The van der Waals surface area contributed by atoms with Gasteiger partial charge in [0.05, 0.1) is 6.42 Å². The molecule has 0 saturated heterocycles. The molecule has 2 aromatic rings. The summed E-state index contributed by atoms with van der Waals surface area (Å²) in [6.07, 6.45) is 5.06. The molecule has 2 rings (SSSR count). The van der Waals surface area contributed by atoms with Gasteiger partial charge in [0.15, 0.2) is 0 Å². The lowest BCUT2D eigenvalue weighted by atomic mass is 10.1. The monoisotopic (exact) mass is 255 g/mol. The number of aromatic nitrogens is 1. The third kappa shape index (κ3) is 3.67. The van der Waals surface area contributed by atoms with Crippen LogP contribution in [0.4, 0.5) is 0 Å². The fourth-order valence-electron chi connectivity index (χ4n) is 1.67. The largest absolute Gasteiger partial charge is 0.481 e. The van der Waals surface area contributed by atoms with Gasteiger partial charge in [0.1, 0.15) is 0 Å². The first-order valence-electron chi connectivity index (χ1n) is 5.83. The summed E-state index contributed by atoms with van der Waals surface area (Å²) >= 11 is 0. The number of carboxylic acids is 1. The first kappa shape index (κ1) is 12.8. The topological polar surface area (TPSA) is 70.2 Å². The molecule has 0 spiro atoms. The number of hydrogen-bond donors (Lipinski definition) is 2. The van der Waals surface area contributed by atoms with E-state index in [4.69, 9.17) is 5.11 Å². The Morgan fingerprint density at radius 3 is 2.37 bits per heavy atom. The minimum atomic E-state index is -0.846. The fourth-order valence-corrected chi connectivity index (χ4v) is 1.67. The second-order valence-electron chi connectivity index (χ2n) is 4.06. The summed E-state index contributed by atoms with van der Waals surface area (Å²) in [6.45, 7) is 0. The van der Waals surface area contributed by atoms with Crippen LogP contribution >= 0.6 is 0 Å². The molecule has 0 fully saturated rings. The number of aliphatic carboxylic acids is 1. The summed E-state index contributed by atoms with van der Waals surface area (Å²) < 4.78 is 0. The molecule has 1 aromatic heterocycles. The molecule has 19 heavy (non-hydrogen) atoms. The molecule has 1 aromatic carbocycles. The van der Waals surface area contributed by atoms with E-state index < -0.39 is 5.97 Å². The third-order valence-electron chi connectivity index (χ3n) is 2.63. The number of aromatic amines is 1. The highest BCUT2D eigenvalue weighted by Crippen LogP contribution is 2.18. The van der Waals surface area contributed by atoms with E-state index >= 15 is 0 Å². The molecule has 4 heteroatoms. The maximum atomic E-state index is 11.0. The summed E-state index contributed by atoms with van der Waals surface area (Å²) in [7, 11) is 0.